The lowest BCUT2D eigenvalue weighted by Crippen LogP contribution is -2.29. The number of anilines is 2. The molecule has 0 radical (unpaired) electrons. The molecule has 3 heterocycles. The predicted molar refractivity (Wildman–Crippen MR) is 112 cm³/mol. The van der Waals surface area contributed by atoms with Crippen LogP contribution in [-0.2, 0) is 0 Å². The van der Waals surface area contributed by atoms with Crippen LogP contribution < -0.4 is 15.0 Å². The summed E-state index contributed by atoms with van der Waals surface area (Å²) < 4.78 is 7.43. The van der Waals surface area contributed by atoms with Gasteiger partial charge >= 0.3 is 0 Å². The molecule has 2 aromatic heterocycles. The van der Waals surface area contributed by atoms with Crippen LogP contribution in [0, 0.1) is 6.92 Å². The van der Waals surface area contributed by atoms with E-state index in [9.17, 15) is 4.79 Å². The molecule has 146 valence electrons. The molecule has 0 bridgehead atoms. The Kier molecular flexibility index (Phi) is 5.19. The standard InChI is InChI=1S/C22H26N4O2/c1-3-28-19-8-7-15-26-20(16(2)23-21(19)26)22(27)24-17-9-11-18(12-10-17)25-13-5-4-6-14-25/h7-12,15H,3-6,13-14H2,1-2H3,(H,24,27). The third kappa shape index (κ3) is 3.54. The van der Waals surface area contributed by atoms with Gasteiger partial charge in [-0.1, -0.05) is 0 Å². The van der Waals surface area contributed by atoms with Crippen molar-refractivity contribution >= 4 is 22.9 Å². The number of ether oxygens (including phenoxy) is 1. The minimum atomic E-state index is -0.177. The van der Waals surface area contributed by atoms with E-state index in [2.05, 4.69) is 27.3 Å². The Hall–Kier alpha value is -3.02. The quantitative estimate of drug-likeness (QED) is 0.720. The molecule has 6 nitrogen and oxygen atoms in total. The SMILES string of the molecule is CCOc1cccn2c(C(=O)Nc3ccc(N4CCCCC4)cc3)c(C)nc12. The van der Waals surface area contributed by atoms with Crippen LogP contribution in [0.3, 0.4) is 0 Å². The topological polar surface area (TPSA) is 58.9 Å². The number of hydrogen-bond acceptors (Lipinski definition) is 4. The van der Waals surface area contributed by atoms with E-state index in [0.717, 1.165) is 18.8 Å². The molecule has 1 aliphatic rings. The van der Waals surface area contributed by atoms with Gasteiger partial charge in [0.05, 0.1) is 12.3 Å². The molecule has 4 rings (SSSR count). The van der Waals surface area contributed by atoms with Crippen LogP contribution in [0.4, 0.5) is 11.4 Å². The highest BCUT2D eigenvalue weighted by Crippen LogP contribution is 2.24. The van der Waals surface area contributed by atoms with Crippen LogP contribution in [0.1, 0.15) is 42.4 Å². The Morgan fingerprint density at radius 2 is 1.89 bits per heavy atom. The molecule has 1 saturated heterocycles. The maximum absolute atomic E-state index is 12.9. The lowest BCUT2D eigenvalue weighted by molar-refractivity contribution is 0.102. The molecule has 6 heteroatoms. The molecule has 1 aromatic carbocycles. The number of carbonyl (C=O) groups excluding carboxylic acids is 1. The Morgan fingerprint density at radius 3 is 2.61 bits per heavy atom. The number of aromatic nitrogens is 2. The predicted octanol–water partition coefficient (Wildman–Crippen LogP) is 4.28. The monoisotopic (exact) mass is 378 g/mol. The number of piperidine rings is 1. The average Bonchev–Trinajstić information content (AvgIpc) is 3.06. The molecule has 1 amide bonds. The fraction of sp³-hybridized carbons (Fsp3) is 0.364. The zero-order valence-corrected chi connectivity index (χ0v) is 16.4. The number of pyridine rings is 1. The van der Waals surface area contributed by atoms with Gasteiger partial charge in [0, 0.05) is 30.7 Å². The van der Waals surface area contributed by atoms with E-state index < -0.39 is 0 Å². The van der Waals surface area contributed by atoms with Crippen molar-refractivity contribution in [3.05, 3.63) is 54.0 Å². The van der Waals surface area contributed by atoms with Gasteiger partial charge in [0.2, 0.25) is 0 Å². The summed E-state index contributed by atoms with van der Waals surface area (Å²) in [5.74, 6) is 0.502. The van der Waals surface area contributed by atoms with E-state index in [4.69, 9.17) is 4.74 Å². The van der Waals surface area contributed by atoms with Gasteiger partial charge in [0.1, 0.15) is 5.69 Å². The van der Waals surface area contributed by atoms with Crippen molar-refractivity contribution in [2.75, 3.05) is 29.9 Å². The molecular weight excluding hydrogens is 352 g/mol. The van der Waals surface area contributed by atoms with Crippen LogP contribution in [0.5, 0.6) is 5.75 Å². The molecule has 0 aliphatic carbocycles. The molecule has 28 heavy (non-hydrogen) atoms. The molecule has 0 saturated carbocycles. The number of nitrogens with zero attached hydrogens (tertiary/aromatic N) is 3. The molecule has 1 aliphatic heterocycles. The van der Waals surface area contributed by atoms with Crippen molar-refractivity contribution in [2.45, 2.75) is 33.1 Å². The maximum atomic E-state index is 12.9. The summed E-state index contributed by atoms with van der Waals surface area (Å²) in [5.41, 5.74) is 3.85. The zero-order chi connectivity index (χ0) is 19.5. The van der Waals surface area contributed by atoms with E-state index in [1.165, 1.54) is 24.9 Å². The van der Waals surface area contributed by atoms with E-state index in [0.29, 0.717) is 29.4 Å². The Morgan fingerprint density at radius 1 is 1.14 bits per heavy atom. The molecule has 1 fully saturated rings. The van der Waals surface area contributed by atoms with Crippen molar-refractivity contribution in [3.8, 4) is 5.75 Å². The number of benzene rings is 1. The van der Waals surface area contributed by atoms with E-state index in [-0.39, 0.29) is 5.91 Å². The second kappa shape index (κ2) is 7.92. The molecule has 1 N–H and O–H groups in total. The van der Waals surface area contributed by atoms with Crippen molar-refractivity contribution in [2.24, 2.45) is 0 Å². The first-order chi connectivity index (χ1) is 13.7. The summed E-state index contributed by atoms with van der Waals surface area (Å²) >= 11 is 0. The third-order valence-corrected chi connectivity index (χ3v) is 5.15. The van der Waals surface area contributed by atoms with Crippen LogP contribution in [-0.4, -0.2) is 35.0 Å². The summed E-state index contributed by atoms with van der Waals surface area (Å²) in [6, 6.07) is 11.8. The second-order valence-corrected chi connectivity index (χ2v) is 7.09. The van der Waals surface area contributed by atoms with Crippen molar-refractivity contribution < 1.29 is 9.53 Å². The summed E-state index contributed by atoms with van der Waals surface area (Å²) in [7, 11) is 0. The van der Waals surface area contributed by atoms with Gasteiger partial charge in [-0.15, -0.1) is 0 Å². The normalized spacial score (nSPS) is 14.3. The zero-order valence-electron chi connectivity index (χ0n) is 16.4. The number of fused-ring (bicyclic) bond motifs is 1. The number of imidazole rings is 1. The number of aryl methyl sites for hydroxylation is 1. The Bertz CT molecular complexity index is 972. The third-order valence-electron chi connectivity index (χ3n) is 5.15. The fourth-order valence-corrected chi connectivity index (χ4v) is 3.80. The van der Waals surface area contributed by atoms with Crippen molar-refractivity contribution in [3.63, 3.8) is 0 Å². The first-order valence-electron chi connectivity index (χ1n) is 9.94. The van der Waals surface area contributed by atoms with Crippen LogP contribution >= 0.6 is 0 Å². The van der Waals surface area contributed by atoms with Gasteiger partial charge < -0.3 is 15.0 Å². The summed E-state index contributed by atoms with van der Waals surface area (Å²) in [5, 5.41) is 3.00. The van der Waals surface area contributed by atoms with Crippen molar-refractivity contribution in [1.29, 1.82) is 0 Å². The number of carbonyl (C=O) groups is 1. The summed E-state index contributed by atoms with van der Waals surface area (Å²) in [4.78, 5) is 19.9. The molecule has 0 unspecified atom stereocenters. The van der Waals surface area contributed by atoms with Crippen LogP contribution in [0.2, 0.25) is 0 Å². The molecular formula is C22H26N4O2. The smallest absolute Gasteiger partial charge is 0.274 e. The molecule has 0 spiro atoms. The fourth-order valence-electron chi connectivity index (χ4n) is 3.80. The second-order valence-electron chi connectivity index (χ2n) is 7.09. The maximum Gasteiger partial charge on any atom is 0.274 e. The van der Waals surface area contributed by atoms with E-state index >= 15 is 0 Å². The van der Waals surface area contributed by atoms with Crippen LogP contribution in [0.15, 0.2) is 42.6 Å². The Labute approximate surface area is 165 Å². The van der Waals surface area contributed by atoms with E-state index in [1.54, 1.807) is 4.40 Å². The van der Waals surface area contributed by atoms with Gasteiger partial charge in [0.15, 0.2) is 11.4 Å². The van der Waals surface area contributed by atoms with Gasteiger partial charge in [-0.3, -0.25) is 9.20 Å². The van der Waals surface area contributed by atoms with Crippen LogP contribution in [0.25, 0.3) is 5.65 Å². The average molecular weight is 378 g/mol. The van der Waals surface area contributed by atoms with Crippen molar-refractivity contribution in [1.82, 2.24) is 9.38 Å². The summed E-state index contributed by atoms with van der Waals surface area (Å²) in [6.45, 7) is 6.54. The first-order valence-corrected chi connectivity index (χ1v) is 9.94. The van der Waals surface area contributed by atoms with Gasteiger partial charge in [-0.05, 0) is 69.5 Å². The lowest BCUT2D eigenvalue weighted by atomic mass is 10.1. The number of amides is 1. The number of hydrogen-bond donors (Lipinski definition) is 1. The Balaban J connectivity index is 1.55. The molecule has 3 aromatic rings. The number of nitrogens with one attached hydrogen (secondary N) is 1. The number of rotatable bonds is 5. The minimum absolute atomic E-state index is 0.177. The first kappa shape index (κ1) is 18.3. The van der Waals surface area contributed by atoms with E-state index in [1.807, 2.05) is 44.3 Å². The largest absolute Gasteiger partial charge is 0.490 e. The highest BCUT2D eigenvalue weighted by molar-refractivity contribution is 6.04. The van der Waals surface area contributed by atoms with Gasteiger partial charge in [0.25, 0.3) is 5.91 Å². The lowest BCUT2D eigenvalue weighted by Gasteiger charge is -2.28. The minimum Gasteiger partial charge on any atom is -0.490 e. The highest BCUT2D eigenvalue weighted by Gasteiger charge is 2.19. The highest BCUT2D eigenvalue weighted by atomic mass is 16.5. The van der Waals surface area contributed by atoms with Gasteiger partial charge in [-0.2, -0.15) is 0 Å². The molecule has 0 atom stereocenters. The van der Waals surface area contributed by atoms with Gasteiger partial charge in [-0.25, -0.2) is 4.98 Å². The summed E-state index contributed by atoms with van der Waals surface area (Å²) in [6.07, 6.45) is 5.64.